The third kappa shape index (κ3) is 4.48. The zero-order valence-electron chi connectivity index (χ0n) is 25.2. The quantitative estimate of drug-likeness (QED) is 0.212. The number of hydrogen-bond donors (Lipinski definition) is 1. The van der Waals surface area contributed by atoms with Crippen LogP contribution in [0.25, 0.3) is 83.6 Å². The number of imidazole rings is 1. The van der Waals surface area contributed by atoms with Crippen LogP contribution in [0.3, 0.4) is 0 Å². The molecule has 5 nitrogen and oxygen atoms in total. The Hall–Kier alpha value is -6.46. The summed E-state index contributed by atoms with van der Waals surface area (Å²) in [6, 6.07) is 50.9. The zero-order chi connectivity index (χ0) is 31.3. The molecule has 0 aliphatic carbocycles. The molecule has 0 atom stereocenters. The maximum atomic E-state index is 10.9. The van der Waals surface area contributed by atoms with Crippen molar-refractivity contribution >= 4 is 33.0 Å². The minimum Gasteiger partial charge on any atom is -0.507 e. The fourth-order valence-electron chi connectivity index (χ4n) is 6.62. The fraction of sp³-hybridized carbons (Fsp3) is 0. The number of rotatable bonds is 5. The summed E-state index contributed by atoms with van der Waals surface area (Å²) in [6.07, 6.45) is 1.82. The molecule has 1 N–H and O–H groups in total. The Morgan fingerprint density at radius 2 is 1.26 bits per heavy atom. The average molecular weight is 606 g/mol. The number of para-hydroxylation sites is 4. The minimum atomic E-state index is 0.182. The Balaban J connectivity index is 1.34. The number of aromatic nitrogens is 3. The summed E-state index contributed by atoms with van der Waals surface area (Å²) < 4.78 is 8.36. The van der Waals surface area contributed by atoms with Crippen LogP contribution >= 0.6 is 0 Å². The number of phenols is 1. The molecular weight excluding hydrogens is 578 g/mol. The first-order valence-electron chi connectivity index (χ1n) is 15.6. The lowest BCUT2D eigenvalue weighted by Crippen LogP contribution is -1.97. The highest BCUT2D eigenvalue weighted by molar-refractivity contribution is 6.11. The summed E-state index contributed by atoms with van der Waals surface area (Å²) in [6.45, 7) is 0. The van der Waals surface area contributed by atoms with Crippen LogP contribution in [0.5, 0.6) is 5.75 Å². The number of nitrogens with zero attached hydrogens (tertiary/aromatic N) is 3. The van der Waals surface area contributed by atoms with Crippen LogP contribution in [-0.2, 0) is 0 Å². The van der Waals surface area contributed by atoms with Gasteiger partial charge in [-0.15, -0.1) is 0 Å². The summed E-state index contributed by atoms with van der Waals surface area (Å²) in [5, 5.41) is 13.0. The van der Waals surface area contributed by atoms with Gasteiger partial charge in [-0.1, -0.05) is 91.0 Å². The highest BCUT2D eigenvalue weighted by Crippen LogP contribution is 2.41. The molecule has 0 saturated carbocycles. The van der Waals surface area contributed by atoms with Crippen molar-refractivity contribution in [1.82, 2.24) is 14.5 Å². The van der Waals surface area contributed by atoms with Crippen molar-refractivity contribution in [3.05, 3.63) is 158 Å². The van der Waals surface area contributed by atoms with E-state index in [1.807, 2.05) is 72.9 Å². The molecule has 0 amide bonds. The molecule has 0 fully saturated rings. The van der Waals surface area contributed by atoms with Crippen molar-refractivity contribution in [1.29, 1.82) is 0 Å². The molecule has 222 valence electrons. The van der Waals surface area contributed by atoms with Crippen LogP contribution < -0.4 is 0 Å². The van der Waals surface area contributed by atoms with E-state index in [9.17, 15) is 5.11 Å². The Labute approximate surface area is 270 Å². The molecule has 9 aromatic rings. The van der Waals surface area contributed by atoms with Crippen LogP contribution in [-0.4, -0.2) is 19.6 Å². The molecule has 0 aliphatic rings. The number of pyridine rings is 1. The van der Waals surface area contributed by atoms with Crippen molar-refractivity contribution in [2.24, 2.45) is 0 Å². The lowest BCUT2D eigenvalue weighted by atomic mass is 9.93. The van der Waals surface area contributed by atoms with Crippen molar-refractivity contribution in [3.63, 3.8) is 0 Å². The van der Waals surface area contributed by atoms with E-state index in [4.69, 9.17) is 14.4 Å². The van der Waals surface area contributed by atoms with Crippen LogP contribution in [0.4, 0.5) is 0 Å². The van der Waals surface area contributed by atoms with Gasteiger partial charge >= 0.3 is 0 Å². The summed E-state index contributed by atoms with van der Waals surface area (Å²) in [7, 11) is 0. The third-order valence-corrected chi connectivity index (χ3v) is 8.76. The van der Waals surface area contributed by atoms with E-state index in [1.165, 1.54) is 0 Å². The van der Waals surface area contributed by atoms with Crippen LogP contribution in [0.1, 0.15) is 0 Å². The second-order valence-electron chi connectivity index (χ2n) is 11.6. The van der Waals surface area contributed by atoms with Gasteiger partial charge in [-0.25, -0.2) is 4.98 Å². The van der Waals surface area contributed by atoms with Crippen molar-refractivity contribution < 1.29 is 9.52 Å². The Morgan fingerprint density at radius 1 is 0.553 bits per heavy atom. The second kappa shape index (κ2) is 10.9. The number of phenolic OH excluding ortho intramolecular Hbond substituents is 1. The van der Waals surface area contributed by atoms with Crippen molar-refractivity contribution in [2.75, 3.05) is 0 Å². The first kappa shape index (κ1) is 26.9. The molecular formula is C42H27N3O2. The van der Waals surface area contributed by atoms with Gasteiger partial charge in [-0.05, 0) is 77.4 Å². The monoisotopic (exact) mass is 605 g/mol. The van der Waals surface area contributed by atoms with Crippen molar-refractivity contribution in [3.8, 4) is 56.3 Å². The maximum Gasteiger partial charge on any atom is 0.149 e. The summed E-state index contributed by atoms with van der Waals surface area (Å²) in [5.74, 6) is 0.855. The van der Waals surface area contributed by atoms with Crippen molar-refractivity contribution in [2.45, 2.75) is 0 Å². The topological polar surface area (TPSA) is 64.1 Å². The van der Waals surface area contributed by atoms with Gasteiger partial charge in [0.2, 0.25) is 0 Å². The number of aromatic hydroxyl groups is 1. The van der Waals surface area contributed by atoms with E-state index in [-0.39, 0.29) is 5.75 Å². The van der Waals surface area contributed by atoms with Gasteiger partial charge in [0, 0.05) is 28.4 Å². The molecule has 0 spiro atoms. The molecule has 0 saturated heterocycles. The largest absolute Gasteiger partial charge is 0.507 e. The van der Waals surface area contributed by atoms with E-state index >= 15 is 0 Å². The summed E-state index contributed by atoms with van der Waals surface area (Å²) >= 11 is 0. The molecule has 6 aromatic carbocycles. The van der Waals surface area contributed by atoms with Gasteiger partial charge < -0.3 is 9.52 Å². The predicted molar refractivity (Wildman–Crippen MR) is 190 cm³/mol. The molecule has 0 unspecified atom stereocenters. The normalized spacial score (nSPS) is 11.5. The molecule has 0 bridgehead atoms. The summed E-state index contributed by atoms with van der Waals surface area (Å²) in [5.41, 5.74) is 11.1. The molecule has 47 heavy (non-hydrogen) atoms. The lowest BCUT2D eigenvalue weighted by Gasteiger charge is -2.12. The number of furan rings is 1. The van der Waals surface area contributed by atoms with E-state index < -0.39 is 0 Å². The van der Waals surface area contributed by atoms with Crippen LogP contribution in [0, 0.1) is 0 Å². The van der Waals surface area contributed by atoms with E-state index in [0.717, 1.165) is 72.2 Å². The van der Waals surface area contributed by atoms with Crippen LogP contribution in [0.2, 0.25) is 0 Å². The first-order valence-corrected chi connectivity index (χ1v) is 15.6. The second-order valence-corrected chi connectivity index (χ2v) is 11.6. The molecule has 5 heteroatoms. The number of fused-ring (bicyclic) bond motifs is 4. The van der Waals surface area contributed by atoms with Gasteiger partial charge in [0.25, 0.3) is 0 Å². The average Bonchev–Trinajstić information content (AvgIpc) is 3.71. The van der Waals surface area contributed by atoms with Gasteiger partial charge in [-0.2, -0.15) is 0 Å². The van der Waals surface area contributed by atoms with Gasteiger partial charge in [0.05, 0.1) is 27.7 Å². The van der Waals surface area contributed by atoms with E-state index in [1.54, 1.807) is 6.07 Å². The zero-order valence-corrected chi connectivity index (χ0v) is 25.2. The molecule has 9 rings (SSSR count). The van der Waals surface area contributed by atoms with Gasteiger partial charge in [0.1, 0.15) is 22.7 Å². The maximum absolute atomic E-state index is 10.9. The molecule has 3 aromatic heterocycles. The number of hydrogen-bond acceptors (Lipinski definition) is 4. The Kier molecular flexibility index (Phi) is 6.22. The standard InChI is InChI=1S/C42H27N3O2/c46-36-20-9-7-16-33(36)42-44-41-32(18-11-19-35(41)45(42)31-14-5-2-6-15-31)29-24-28(27-12-3-1-4-13-27)25-30(26-29)40-39-34-17-8-10-21-37(34)47-38(39)22-23-43-40/h1-26,46H. The lowest BCUT2D eigenvalue weighted by molar-refractivity contribution is 0.477. The minimum absolute atomic E-state index is 0.182. The van der Waals surface area contributed by atoms with Crippen LogP contribution in [0.15, 0.2) is 162 Å². The first-order chi connectivity index (χ1) is 23.2. The molecule has 0 aliphatic heterocycles. The highest BCUT2D eigenvalue weighted by atomic mass is 16.3. The van der Waals surface area contributed by atoms with Gasteiger partial charge in [-0.3, -0.25) is 9.55 Å². The van der Waals surface area contributed by atoms with E-state index in [2.05, 4.69) is 83.4 Å². The summed E-state index contributed by atoms with van der Waals surface area (Å²) in [4.78, 5) is 10.2. The predicted octanol–water partition coefficient (Wildman–Crippen LogP) is 10.7. The van der Waals surface area contributed by atoms with E-state index in [0.29, 0.717) is 11.4 Å². The molecule has 0 radical (unpaired) electrons. The molecule has 3 heterocycles. The Morgan fingerprint density at radius 3 is 2.11 bits per heavy atom. The SMILES string of the molecule is Oc1ccccc1-c1nc2c(-c3cc(-c4ccccc4)cc(-c4nccc5oc6ccccc6c45)c3)cccc2n1-c1ccccc1. The number of benzene rings is 6. The fourth-order valence-corrected chi connectivity index (χ4v) is 6.62. The van der Waals surface area contributed by atoms with Gasteiger partial charge in [0.15, 0.2) is 0 Å². The third-order valence-electron chi connectivity index (χ3n) is 8.76. The Bertz CT molecular complexity index is 2580. The smallest absolute Gasteiger partial charge is 0.149 e. The highest BCUT2D eigenvalue weighted by Gasteiger charge is 2.21.